The van der Waals surface area contributed by atoms with E-state index in [0.717, 1.165) is 53.8 Å². The molecule has 27 heavy (non-hydrogen) atoms. The Morgan fingerprint density at radius 1 is 1.15 bits per heavy atom. The number of halogens is 1. The molecule has 7 heteroatoms. The maximum atomic E-state index is 13.4. The zero-order valence-electron chi connectivity index (χ0n) is 14.6. The van der Waals surface area contributed by atoms with Crippen LogP contribution in [0.5, 0.6) is 0 Å². The van der Waals surface area contributed by atoms with Gasteiger partial charge in [0.25, 0.3) is 0 Å². The summed E-state index contributed by atoms with van der Waals surface area (Å²) in [5.41, 5.74) is 5.07. The molecule has 1 N–H and O–H groups in total. The smallest absolute Gasteiger partial charge is 0.162 e. The highest BCUT2D eigenvalue weighted by molar-refractivity contribution is 5.83. The third-order valence-corrected chi connectivity index (χ3v) is 4.96. The predicted octanol–water partition coefficient (Wildman–Crippen LogP) is 3.11. The maximum absolute atomic E-state index is 13.4. The van der Waals surface area contributed by atoms with Gasteiger partial charge in [-0.05, 0) is 23.8 Å². The third-order valence-electron chi connectivity index (χ3n) is 4.96. The molecular weight excluding hydrogens is 343 g/mol. The second-order valence-corrected chi connectivity index (χ2v) is 6.76. The van der Waals surface area contributed by atoms with Crippen LogP contribution in [0.2, 0.25) is 0 Å². The van der Waals surface area contributed by atoms with Crippen LogP contribution < -0.4 is 0 Å². The minimum atomic E-state index is -0.223. The number of H-pyrrole nitrogens is 1. The molecule has 0 aliphatic carbocycles. The first kappa shape index (κ1) is 16.0. The van der Waals surface area contributed by atoms with E-state index < -0.39 is 0 Å². The average Bonchev–Trinajstić information content (AvgIpc) is 3.10. The van der Waals surface area contributed by atoms with Crippen molar-refractivity contribution in [2.24, 2.45) is 0 Å². The van der Waals surface area contributed by atoms with Gasteiger partial charge in [-0.15, -0.1) is 0 Å². The molecule has 4 heterocycles. The maximum Gasteiger partial charge on any atom is 0.162 e. The number of hydrogen-bond acceptors (Lipinski definition) is 5. The number of fused-ring (bicyclic) bond motifs is 2. The highest BCUT2D eigenvalue weighted by Crippen LogP contribution is 2.25. The number of benzene rings is 1. The van der Waals surface area contributed by atoms with Crippen LogP contribution in [-0.2, 0) is 19.5 Å². The van der Waals surface area contributed by atoms with Crippen LogP contribution in [-0.4, -0.2) is 36.4 Å². The summed E-state index contributed by atoms with van der Waals surface area (Å²) in [5.74, 6) is 0.445. The van der Waals surface area contributed by atoms with Crippen molar-refractivity contribution in [2.75, 3.05) is 6.54 Å². The largest absolute Gasteiger partial charge is 0.361 e. The summed E-state index contributed by atoms with van der Waals surface area (Å²) in [5, 5.41) is 1.07. The van der Waals surface area contributed by atoms with Crippen molar-refractivity contribution < 1.29 is 4.39 Å². The van der Waals surface area contributed by atoms with Crippen molar-refractivity contribution in [3.8, 4) is 11.4 Å². The molecule has 5 rings (SSSR count). The second-order valence-electron chi connectivity index (χ2n) is 6.76. The number of hydrogen-bond donors (Lipinski definition) is 1. The molecule has 1 aliphatic rings. The van der Waals surface area contributed by atoms with Crippen molar-refractivity contribution in [1.29, 1.82) is 0 Å². The SMILES string of the molecule is Fc1ccc2c(CN3CCc4nc(-c5cncnc5)ncc4C3)c[nH]c2c1. The van der Waals surface area contributed by atoms with E-state index in [2.05, 4.69) is 24.8 Å². The summed E-state index contributed by atoms with van der Waals surface area (Å²) < 4.78 is 13.4. The minimum Gasteiger partial charge on any atom is -0.361 e. The van der Waals surface area contributed by atoms with Crippen LogP contribution in [0.3, 0.4) is 0 Å². The fourth-order valence-corrected chi connectivity index (χ4v) is 3.59. The highest BCUT2D eigenvalue weighted by Gasteiger charge is 2.20. The molecule has 0 saturated heterocycles. The van der Waals surface area contributed by atoms with Gasteiger partial charge in [0.15, 0.2) is 5.82 Å². The Kier molecular flexibility index (Phi) is 3.86. The van der Waals surface area contributed by atoms with Gasteiger partial charge in [0.2, 0.25) is 0 Å². The fourth-order valence-electron chi connectivity index (χ4n) is 3.59. The average molecular weight is 360 g/mol. The van der Waals surface area contributed by atoms with E-state index in [4.69, 9.17) is 4.98 Å². The number of nitrogens with zero attached hydrogens (tertiary/aromatic N) is 5. The van der Waals surface area contributed by atoms with E-state index in [9.17, 15) is 4.39 Å². The van der Waals surface area contributed by atoms with Crippen molar-refractivity contribution in [3.05, 3.63) is 72.0 Å². The predicted molar refractivity (Wildman–Crippen MR) is 99.1 cm³/mol. The van der Waals surface area contributed by atoms with Crippen LogP contribution in [0, 0.1) is 5.82 Å². The lowest BCUT2D eigenvalue weighted by molar-refractivity contribution is 0.244. The first-order chi connectivity index (χ1) is 13.3. The Hall–Kier alpha value is -3.19. The van der Waals surface area contributed by atoms with E-state index in [-0.39, 0.29) is 5.82 Å². The number of nitrogens with one attached hydrogen (secondary N) is 1. The Morgan fingerprint density at radius 2 is 2.04 bits per heavy atom. The molecular formula is C20H17FN6. The fraction of sp³-hybridized carbons (Fsp3) is 0.200. The van der Waals surface area contributed by atoms with Crippen LogP contribution in [0.25, 0.3) is 22.3 Å². The molecule has 0 amide bonds. The van der Waals surface area contributed by atoms with Gasteiger partial charge in [-0.1, -0.05) is 0 Å². The highest BCUT2D eigenvalue weighted by atomic mass is 19.1. The molecule has 0 atom stereocenters. The lowest BCUT2D eigenvalue weighted by atomic mass is 10.1. The summed E-state index contributed by atoms with van der Waals surface area (Å²) in [6.45, 7) is 2.52. The number of aromatic nitrogens is 5. The van der Waals surface area contributed by atoms with Gasteiger partial charge < -0.3 is 4.98 Å². The van der Waals surface area contributed by atoms with Gasteiger partial charge in [-0.2, -0.15) is 0 Å². The Morgan fingerprint density at radius 3 is 2.93 bits per heavy atom. The van der Waals surface area contributed by atoms with Crippen LogP contribution in [0.15, 0.2) is 49.3 Å². The topological polar surface area (TPSA) is 70.6 Å². The standard InChI is InChI=1S/C20H17FN6/c21-16-1-2-17-14(8-24-19(17)5-16)10-27-4-3-18-15(11-27)9-25-20(26-18)13-6-22-12-23-7-13/h1-2,5-9,12,24H,3-4,10-11H2. The summed E-state index contributed by atoms with van der Waals surface area (Å²) in [7, 11) is 0. The lowest BCUT2D eigenvalue weighted by Crippen LogP contribution is -2.30. The summed E-state index contributed by atoms with van der Waals surface area (Å²) in [4.78, 5) is 22.8. The molecule has 0 spiro atoms. The van der Waals surface area contributed by atoms with Crippen LogP contribution in [0.4, 0.5) is 4.39 Å². The van der Waals surface area contributed by atoms with Crippen LogP contribution in [0.1, 0.15) is 16.8 Å². The molecule has 6 nitrogen and oxygen atoms in total. The molecule has 0 saturated carbocycles. The van der Waals surface area contributed by atoms with Crippen molar-refractivity contribution >= 4 is 10.9 Å². The number of rotatable bonds is 3. The van der Waals surface area contributed by atoms with E-state index in [1.807, 2.05) is 18.5 Å². The van der Waals surface area contributed by atoms with E-state index in [1.165, 1.54) is 24.0 Å². The molecule has 4 aromatic rings. The Labute approximate surface area is 155 Å². The quantitative estimate of drug-likeness (QED) is 0.608. The zero-order valence-corrected chi connectivity index (χ0v) is 14.6. The first-order valence-electron chi connectivity index (χ1n) is 8.84. The van der Waals surface area contributed by atoms with Gasteiger partial charge in [-0.25, -0.2) is 24.3 Å². The van der Waals surface area contributed by atoms with Gasteiger partial charge in [0.05, 0.1) is 11.3 Å². The van der Waals surface area contributed by atoms with Gasteiger partial charge in [0, 0.05) is 67.3 Å². The van der Waals surface area contributed by atoms with Crippen molar-refractivity contribution in [2.45, 2.75) is 19.5 Å². The molecule has 0 unspecified atom stereocenters. The van der Waals surface area contributed by atoms with Crippen LogP contribution >= 0.6 is 0 Å². The third kappa shape index (κ3) is 3.06. The molecule has 0 radical (unpaired) electrons. The Bertz CT molecular complexity index is 1110. The molecule has 134 valence electrons. The normalized spacial score (nSPS) is 14.4. The van der Waals surface area contributed by atoms with Gasteiger partial charge >= 0.3 is 0 Å². The second kappa shape index (κ2) is 6.51. The van der Waals surface area contributed by atoms with E-state index in [0.29, 0.717) is 5.82 Å². The van der Waals surface area contributed by atoms with E-state index >= 15 is 0 Å². The minimum absolute atomic E-state index is 0.223. The summed E-state index contributed by atoms with van der Waals surface area (Å²) in [6, 6.07) is 4.88. The van der Waals surface area contributed by atoms with E-state index in [1.54, 1.807) is 12.4 Å². The molecule has 0 bridgehead atoms. The molecule has 1 aliphatic heterocycles. The van der Waals surface area contributed by atoms with Gasteiger partial charge in [0.1, 0.15) is 12.1 Å². The molecule has 0 fully saturated rings. The Balaban J connectivity index is 1.36. The first-order valence-corrected chi connectivity index (χ1v) is 8.84. The van der Waals surface area contributed by atoms with Crippen molar-refractivity contribution in [3.63, 3.8) is 0 Å². The van der Waals surface area contributed by atoms with Gasteiger partial charge in [-0.3, -0.25) is 4.90 Å². The summed E-state index contributed by atoms with van der Waals surface area (Å²) >= 11 is 0. The number of aromatic amines is 1. The van der Waals surface area contributed by atoms with Crippen molar-refractivity contribution in [1.82, 2.24) is 29.8 Å². The summed E-state index contributed by atoms with van der Waals surface area (Å²) in [6.07, 6.45) is 9.69. The molecule has 1 aromatic carbocycles. The zero-order chi connectivity index (χ0) is 18.2. The molecule has 3 aromatic heterocycles. The lowest BCUT2D eigenvalue weighted by Gasteiger charge is -2.27. The monoisotopic (exact) mass is 360 g/mol.